The van der Waals surface area contributed by atoms with Crippen LogP contribution in [0.5, 0.6) is 0 Å². The quantitative estimate of drug-likeness (QED) is 0.777. The van der Waals surface area contributed by atoms with E-state index in [0.29, 0.717) is 18.1 Å². The summed E-state index contributed by atoms with van der Waals surface area (Å²) in [6.07, 6.45) is 3.55. The van der Waals surface area contributed by atoms with Crippen molar-refractivity contribution in [3.05, 3.63) is 54.1 Å². The summed E-state index contributed by atoms with van der Waals surface area (Å²) in [5.74, 6) is 1.12. The third-order valence-electron chi connectivity index (χ3n) is 4.64. The Morgan fingerprint density at radius 1 is 1.08 bits per heavy atom. The number of halogens is 1. The number of pyridine rings is 1. The Bertz CT molecular complexity index is 894. The van der Waals surface area contributed by atoms with Crippen LogP contribution in [0.15, 0.2) is 42.7 Å². The maximum atomic E-state index is 13.0. The second-order valence-corrected chi connectivity index (χ2v) is 6.43. The number of nitrogen functional groups attached to an aromatic ring is 1. The molecule has 1 fully saturated rings. The van der Waals surface area contributed by atoms with Gasteiger partial charge in [-0.2, -0.15) is 0 Å². The molecule has 0 aliphatic carbocycles. The van der Waals surface area contributed by atoms with Crippen LogP contribution in [0, 0.1) is 5.82 Å². The predicted molar refractivity (Wildman–Crippen MR) is 98.2 cm³/mol. The van der Waals surface area contributed by atoms with Crippen molar-refractivity contribution in [2.45, 2.75) is 25.6 Å². The zero-order chi connectivity index (χ0) is 17.9. The molecule has 3 aromatic rings. The number of rotatable bonds is 4. The molecule has 0 unspecified atom stereocenters. The Kier molecular flexibility index (Phi) is 4.62. The lowest BCUT2D eigenvalue weighted by atomic mass is 10.1. The molecule has 26 heavy (non-hydrogen) atoms. The number of fused-ring (bicyclic) bond motifs is 1. The van der Waals surface area contributed by atoms with Crippen LogP contribution in [0.25, 0.3) is 11.0 Å². The topological polar surface area (TPSA) is 77.2 Å². The fourth-order valence-corrected chi connectivity index (χ4v) is 3.22. The van der Waals surface area contributed by atoms with Crippen LogP contribution in [0.1, 0.15) is 18.4 Å². The normalized spacial score (nSPS) is 15.5. The average Bonchev–Trinajstić information content (AvgIpc) is 2.67. The number of nitrogens with zero attached hydrogens (tertiary/aromatic N) is 4. The third-order valence-corrected chi connectivity index (χ3v) is 4.64. The molecule has 134 valence electrons. The average molecular weight is 353 g/mol. The van der Waals surface area contributed by atoms with Gasteiger partial charge in [-0.05, 0) is 42.7 Å². The SMILES string of the molecule is Nc1ccc2c(N3CCC(OCc4ccc(F)cc4)CC3)ncnc2n1. The van der Waals surface area contributed by atoms with E-state index in [1.54, 1.807) is 18.2 Å². The van der Waals surface area contributed by atoms with Crippen molar-refractivity contribution in [3.8, 4) is 0 Å². The first-order chi connectivity index (χ1) is 12.7. The summed E-state index contributed by atoms with van der Waals surface area (Å²) < 4.78 is 18.9. The Balaban J connectivity index is 1.38. The van der Waals surface area contributed by atoms with Crippen LogP contribution in [0.3, 0.4) is 0 Å². The second kappa shape index (κ2) is 7.21. The van der Waals surface area contributed by atoms with E-state index in [1.165, 1.54) is 18.5 Å². The molecule has 4 rings (SSSR count). The molecule has 0 atom stereocenters. The Hall–Kier alpha value is -2.80. The van der Waals surface area contributed by atoms with Crippen LogP contribution < -0.4 is 10.6 Å². The number of ether oxygens (including phenoxy) is 1. The standard InChI is InChI=1S/C19H20FN5O/c20-14-3-1-13(2-4-14)11-26-15-7-9-25(10-8-15)19-16-5-6-17(21)24-18(16)22-12-23-19/h1-6,12,15H,7-11H2,(H2,21,22,23,24). The summed E-state index contributed by atoms with van der Waals surface area (Å²) in [5.41, 5.74) is 7.34. The molecule has 2 N–H and O–H groups in total. The molecule has 1 aromatic carbocycles. The second-order valence-electron chi connectivity index (χ2n) is 6.43. The summed E-state index contributed by atoms with van der Waals surface area (Å²) in [7, 11) is 0. The minimum atomic E-state index is -0.226. The van der Waals surface area contributed by atoms with Gasteiger partial charge in [0, 0.05) is 13.1 Å². The van der Waals surface area contributed by atoms with Gasteiger partial charge in [-0.15, -0.1) is 0 Å². The van der Waals surface area contributed by atoms with Crippen LogP contribution in [0.4, 0.5) is 16.0 Å². The third kappa shape index (κ3) is 3.57. The summed E-state index contributed by atoms with van der Waals surface area (Å²) in [6.45, 7) is 2.21. The van der Waals surface area contributed by atoms with Gasteiger partial charge in [0.1, 0.15) is 23.8 Å². The fraction of sp³-hybridized carbons (Fsp3) is 0.316. The highest BCUT2D eigenvalue weighted by atomic mass is 19.1. The van der Waals surface area contributed by atoms with Crippen LogP contribution in [-0.4, -0.2) is 34.1 Å². The van der Waals surface area contributed by atoms with E-state index in [9.17, 15) is 4.39 Å². The van der Waals surface area contributed by atoms with Gasteiger partial charge in [0.2, 0.25) is 0 Å². The van der Waals surface area contributed by atoms with Gasteiger partial charge < -0.3 is 15.4 Å². The van der Waals surface area contributed by atoms with Crippen molar-refractivity contribution in [1.82, 2.24) is 15.0 Å². The highest BCUT2D eigenvalue weighted by Crippen LogP contribution is 2.26. The van der Waals surface area contributed by atoms with Crippen molar-refractivity contribution in [1.29, 1.82) is 0 Å². The van der Waals surface area contributed by atoms with Crippen LogP contribution in [-0.2, 0) is 11.3 Å². The number of anilines is 2. The Morgan fingerprint density at radius 3 is 2.62 bits per heavy atom. The van der Waals surface area contributed by atoms with E-state index in [1.807, 2.05) is 6.07 Å². The maximum absolute atomic E-state index is 13.0. The van der Waals surface area contributed by atoms with Gasteiger partial charge in [0.05, 0.1) is 18.1 Å². The maximum Gasteiger partial charge on any atom is 0.166 e. The summed E-state index contributed by atoms with van der Waals surface area (Å²) in [6, 6.07) is 10.1. The summed E-state index contributed by atoms with van der Waals surface area (Å²) >= 11 is 0. The number of aromatic nitrogens is 3. The monoisotopic (exact) mass is 353 g/mol. The molecule has 2 aromatic heterocycles. The van der Waals surface area contributed by atoms with E-state index in [2.05, 4.69) is 19.9 Å². The minimum Gasteiger partial charge on any atom is -0.384 e. The lowest BCUT2D eigenvalue weighted by Gasteiger charge is -2.33. The number of piperidine rings is 1. The molecule has 6 nitrogen and oxygen atoms in total. The first-order valence-electron chi connectivity index (χ1n) is 8.67. The Morgan fingerprint density at radius 2 is 1.85 bits per heavy atom. The molecule has 0 saturated carbocycles. The highest BCUT2D eigenvalue weighted by Gasteiger charge is 2.22. The molecule has 0 radical (unpaired) electrons. The van der Waals surface area contributed by atoms with Crippen molar-refractivity contribution in [3.63, 3.8) is 0 Å². The van der Waals surface area contributed by atoms with Gasteiger partial charge in [-0.1, -0.05) is 12.1 Å². The molecule has 3 heterocycles. The van der Waals surface area contributed by atoms with Gasteiger partial charge in [0.25, 0.3) is 0 Å². The van der Waals surface area contributed by atoms with Crippen LogP contribution >= 0.6 is 0 Å². The molecule has 7 heteroatoms. The zero-order valence-corrected chi connectivity index (χ0v) is 14.3. The van der Waals surface area contributed by atoms with Crippen molar-refractivity contribution < 1.29 is 9.13 Å². The van der Waals surface area contributed by atoms with E-state index < -0.39 is 0 Å². The van der Waals surface area contributed by atoms with Crippen molar-refractivity contribution in [2.24, 2.45) is 0 Å². The molecule has 1 aliphatic heterocycles. The summed E-state index contributed by atoms with van der Waals surface area (Å²) in [4.78, 5) is 15.1. The van der Waals surface area contributed by atoms with E-state index in [4.69, 9.17) is 10.5 Å². The number of hydrogen-bond donors (Lipinski definition) is 1. The lowest BCUT2D eigenvalue weighted by Crippen LogP contribution is -2.37. The molecule has 1 saturated heterocycles. The molecule has 1 aliphatic rings. The smallest absolute Gasteiger partial charge is 0.166 e. The van der Waals surface area contributed by atoms with Crippen molar-refractivity contribution in [2.75, 3.05) is 23.7 Å². The molecule has 0 spiro atoms. The van der Waals surface area contributed by atoms with Crippen molar-refractivity contribution >= 4 is 22.7 Å². The van der Waals surface area contributed by atoms with Gasteiger partial charge in [-0.25, -0.2) is 19.3 Å². The zero-order valence-electron chi connectivity index (χ0n) is 14.3. The Labute approximate surface area is 150 Å². The largest absolute Gasteiger partial charge is 0.384 e. The molecular formula is C19H20FN5O. The van der Waals surface area contributed by atoms with E-state index in [0.717, 1.165) is 42.7 Å². The first-order valence-corrected chi connectivity index (χ1v) is 8.67. The minimum absolute atomic E-state index is 0.193. The van der Waals surface area contributed by atoms with Crippen LogP contribution in [0.2, 0.25) is 0 Å². The lowest BCUT2D eigenvalue weighted by molar-refractivity contribution is 0.0250. The van der Waals surface area contributed by atoms with E-state index >= 15 is 0 Å². The number of benzene rings is 1. The highest BCUT2D eigenvalue weighted by molar-refractivity contribution is 5.87. The van der Waals surface area contributed by atoms with Gasteiger partial charge in [0.15, 0.2) is 5.65 Å². The van der Waals surface area contributed by atoms with Gasteiger partial charge >= 0.3 is 0 Å². The first kappa shape index (κ1) is 16.7. The number of hydrogen-bond acceptors (Lipinski definition) is 6. The number of nitrogens with two attached hydrogens (primary N) is 1. The summed E-state index contributed by atoms with van der Waals surface area (Å²) in [5, 5.41) is 0.910. The fourth-order valence-electron chi connectivity index (χ4n) is 3.22. The molecular weight excluding hydrogens is 333 g/mol. The van der Waals surface area contributed by atoms with E-state index in [-0.39, 0.29) is 11.9 Å². The van der Waals surface area contributed by atoms with Gasteiger partial charge in [-0.3, -0.25) is 0 Å². The molecule has 0 bridgehead atoms. The predicted octanol–water partition coefficient (Wildman–Crippen LogP) is 2.93. The molecule has 0 amide bonds.